The van der Waals surface area contributed by atoms with Crippen LogP contribution in [-0.2, 0) is 11.8 Å². The molecular formula is C12H20N4O2S. The number of aromatic nitrogens is 3. The first-order valence-electron chi connectivity index (χ1n) is 6.55. The maximum absolute atomic E-state index is 11.7. The van der Waals surface area contributed by atoms with E-state index in [1.54, 1.807) is 4.68 Å². The van der Waals surface area contributed by atoms with Gasteiger partial charge in [-0.1, -0.05) is 18.7 Å². The van der Waals surface area contributed by atoms with Crippen LogP contribution in [0.4, 0.5) is 0 Å². The SMILES string of the molecule is CCCNC(CSc1ncnn1C)(C(=O)O)C1CC1. The summed E-state index contributed by atoms with van der Waals surface area (Å²) in [7, 11) is 1.81. The van der Waals surface area contributed by atoms with Gasteiger partial charge in [-0.2, -0.15) is 5.10 Å². The maximum Gasteiger partial charge on any atom is 0.325 e. The lowest BCUT2D eigenvalue weighted by atomic mass is 9.95. The second-order valence-corrected chi connectivity index (χ2v) is 5.87. The van der Waals surface area contributed by atoms with E-state index in [0.29, 0.717) is 5.75 Å². The van der Waals surface area contributed by atoms with Gasteiger partial charge in [-0.15, -0.1) is 0 Å². The average molecular weight is 284 g/mol. The Kier molecular flexibility index (Phi) is 4.46. The van der Waals surface area contributed by atoms with E-state index >= 15 is 0 Å². The highest BCUT2D eigenvalue weighted by Gasteiger charge is 2.50. The Morgan fingerprint density at radius 2 is 2.42 bits per heavy atom. The van der Waals surface area contributed by atoms with Gasteiger partial charge in [-0.25, -0.2) is 9.67 Å². The lowest BCUT2D eigenvalue weighted by Crippen LogP contribution is -2.56. The first kappa shape index (κ1) is 14.3. The van der Waals surface area contributed by atoms with Crippen molar-refractivity contribution in [2.45, 2.75) is 36.9 Å². The first-order chi connectivity index (χ1) is 9.10. The Labute approximate surface area is 117 Å². The van der Waals surface area contributed by atoms with Crippen LogP contribution in [0.1, 0.15) is 26.2 Å². The standard InChI is InChI=1S/C12H20N4O2S/c1-3-6-14-12(10(17)18,9-4-5-9)7-19-11-13-8-15-16(11)2/h8-9,14H,3-7H2,1-2H3,(H,17,18). The minimum absolute atomic E-state index is 0.234. The summed E-state index contributed by atoms with van der Waals surface area (Å²) in [6.45, 7) is 2.77. The number of nitrogens with zero attached hydrogens (tertiary/aromatic N) is 3. The molecule has 0 bridgehead atoms. The van der Waals surface area contributed by atoms with Crippen molar-refractivity contribution in [3.05, 3.63) is 6.33 Å². The van der Waals surface area contributed by atoms with Gasteiger partial charge in [0.15, 0.2) is 5.16 Å². The number of carboxylic acid groups (broad SMARTS) is 1. The Morgan fingerprint density at radius 3 is 2.89 bits per heavy atom. The van der Waals surface area contributed by atoms with E-state index < -0.39 is 11.5 Å². The normalized spacial score (nSPS) is 18.2. The Hall–Kier alpha value is -1.08. The van der Waals surface area contributed by atoms with Gasteiger partial charge in [0.25, 0.3) is 0 Å². The highest BCUT2D eigenvalue weighted by molar-refractivity contribution is 7.99. The zero-order valence-electron chi connectivity index (χ0n) is 11.3. The zero-order valence-corrected chi connectivity index (χ0v) is 12.1. The van der Waals surface area contributed by atoms with Gasteiger partial charge in [-0.3, -0.25) is 4.79 Å². The van der Waals surface area contributed by atoms with E-state index in [2.05, 4.69) is 15.4 Å². The molecule has 1 fully saturated rings. The molecule has 7 heteroatoms. The zero-order chi connectivity index (χ0) is 13.9. The average Bonchev–Trinajstić information content (AvgIpc) is 3.14. The third-order valence-electron chi connectivity index (χ3n) is 3.45. The molecule has 1 unspecified atom stereocenters. The molecule has 1 aromatic rings. The summed E-state index contributed by atoms with van der Waals surface area (Å²) in [5.74, 6) is -0.0325. The maximum atomic E-state index is 11.7. The number of aliphatic carboxylic acids is 1. The molecule has 19 heavy (non-hydrogen) atoms. The predicted molar refractivity (Wildman–Crippen MR) is 73.1 cm³/mol. The number of aryl methyl sites for hydroxylation is 1. The van der Waals surface area contributed by atoms with Crippen LogP contribution in [0.3, 0.4) is 0 Å². The van der Waals surface area contributed by atoms with Crippen LogP contribution < -0.4 is 5.32 Å². The molecule has 6 nitrogen and oxygen atoms in total. The van der Waals surface area contributed by atoms with E-state index in [1.807, 2.05) is 14.0 Å². The van der Waals surface area contributed by atoms with Gasteiger partial charge >= 0.3 is 5.97 Å². The van der Waals surface area contributed by atoms with Crippen molar-refractivity contribution in [1.82, 2.24) is 20.1 Å². The van der Waals surface area contributed by atoms with Crippen molar-refractivity contribution in [3.63, 3.8) is 0 Å². The van der Waals surface area contributed by atoms with E-state index in [9.17, 15) is 9.90 Å². The molecule has 0 amide bonds. The summed E-state index contributed by atoms with van der Waals surface area (Å²) in [6, 6.07) is 0. The molecule has 2 N–H and O–H groups in total. The molecule has 0 saturated heterocycles. The van der Waals surface area contributed by atoms with Crippen LogP contribution in [0.25, 0.3) is 0 Å². The smallest absolute Gasteiger partial charge is 0.325 e. The van der Waals surface area contributed by atoms with Crippen LogP contribution in [0.15, 0.2) is 11.5 Å². The second-order valence-electron chi connectivity index (χ2n) is 4.93. The van der Waals surface area contributed by atoms with E-state index in [1.165, 1.54) is 18.1 Å². The fourth-order valence-electron chi connectivity index (χ4n) is 2.14. The number of carboxylic acids is 1. The van der Waals surface area contributed by atoms with Crippen molar-refractivity contribution >= 4 is 17.7 Å². The third kappa shape index (κ3) is 3.09. The minimum Gasteiger partial charge on any atom is -0.480 e. The van der Waals surface area contributed by atoms with E-state index in [4.69, 9.17) is 0 Å². The number of hydrogen-bond donors (Lipinski definition) is 2. The van der Waals surface area contributed by atoms with Gasteiger partial charge in [0.1, 0.15) is 11.9 Å². The molecule has 1 aliphatic rings. The summed E-state index contributed by atoms with van der Waals surface area (Å²) in [5.41, 5.74) is -0.827. The van der Waals surface area contributed by atoms with E-state index in [-0.39, 0.29) is 5.92 Å². The Bertz CT molecular complexity index is 447. The minimum atomic E-state index is -0.827. The molecule has 1 aliphatic carbocycles. The van der Waals surface area contributed by atoms with Crippen LogP contribution in [0.2, 0.25) is 0 Å². The summed E-state index contributed by atoms with van der Waals surface area (Å²) < 4.78 is 1.67. The fraction of sp³-hybridized carbons (Fsp3) is 0.750. The molecule has 0 aliphatic heterocycles. The highest BCUT2D eigenvalue weighted by atomic mass is 32.2. The molecule has 1 aromatic heterocycles. The van der Waals surface area contributed by atoms with Gasteiger partial charge in [0.2, 0.25) is 0 Å². The van der Waals surface area contributed by atoms with Crippen molar-refractivity contribution in [2.75, 3.05) is 12.3 Å². The molecule has 2 rings (SSSR count). The van der Waals surface area contributed by atoms with Gasteiger partial charge < -0.3 is 10.4 Å². The topological polar surface area (TPSA) is 80.0 Å². The van der Waals surface area contributed by atoms with Crippen molar-refractivity contribution in [3.8, 4) is 0 Å². The number of hydrogen-bond acceptors (Lipinski definition) is 5. The predicted octanol–water partition coefficient (Wildman–Crippen LogP) is 1.14. The third-order valence-corrected chi connectivity index (χ3v) is 4.67. The second kappa shape index (κ2) is 5.92. The summed E-state index contributed by atoms with van der Waals surface area (Å²) in [5, 5.41) is 17.6. The van der Waals surface area contributed by atoms with Gasteiger partial charge in [-0.05, 0) is 31.7 Å². The monoisotopic (exact) mass is 284 g/mol. The Balaban J connectivity index is 2.08. The van der Waals surface area contributed by atoms with Crippen LogP contribution in [0.5, 0.6) is 0 Å². The van der Waals surface area contributed by atoms with E-state index in [0.717, 1.165) is 31.0 Å². The largest absolute Gasteiger partial charge is 0.480 e. The summed E-state index contributed by atoms with van der Waals surface area (Å²) in [4.78, 5) is 15.9. The quantitative estimate of drug-likeness (QED) is 0.697. The number of nitrogens with one attached hydrogen (secondary N) is 1. The molecule has 1 saturated carbocycles. The van der Waals surface area contributed by atoms with Crippen molar-refractivity contribution in [2.24, 2.45) is 13.0 Å². The molecule has 0 radical (unpaired) electrons. The number of rotatable bonds is 8. The van der Waals surface area contributed by atoms with Crippen molar-refractivity contribution < 1.29 is 9.90 Å². The fourth-order valence-corrected chi connectivity index (χ4v) is 3.32. The molecule has 0 spiro atoms. The van der Waals surface area contributed by atoms with Gasteiger partial charge in [0.05, 0.1) is 0 Å². The summed E-state index contributed by atoms with van der Waals surface area (Å²) >= 11 is 1.45. The Morgan fingerprint density at radius 1 is 1.68 bits per heavy atom. The van der Waals surface area contributed by atoms with Crippen LogP contribution in [-0.4, -0.2) is 43.7 Å². The highest BCUT2D eigenvalue weighted by Crippen LogP contribution is 2.42. The van der Waals surface area contributed by atoms with Crippen molar-refractivity contribution in [1.29, 1.82) is 0 Å². The molecular weight excluding hydrogens is 264 g/mol. The molecule has 0 aromatic carbocycles. The lowest BCUT2D eigenvalue weighted by Gasteiger charge is -2.30. The summed E-state index contributed by atoms with van der Waals surface area (Å²) in [6.07, 6.45) is 4.39. The molecule has 1 atom stereocenters. The first-order valence-corrected chi connectivity index (χ1v) is 7.54. The number of carbonyl (C=O) groups is 1. The lowest BCUT2D eigenvalue weighted by molar-refractivity contribution is -0.144. The molecule has 106 valence electrons. The van der Waals surface area contributed by atoms with Crippen LogP contribution in [0, 0.1) is 5.92 Å². The molecule has 1 heterocycles. The van der Waals surface area contributed by atoms with Crippen LogP contribution >= 0.6 is 11.8 Å². The number of thioether (sulfide) groups is 1. The van der Waals surface area contributed by atoms with Gasteiger partial charge in [0, 0.05) is 12.8 Å².